The van der Waals surface area contributed by atoms with Crippen LogP contribution in [0.2, 0.25) is 0 Å². The Bertz CT molecular complexity index is 899. The Morgan fingerprint density at radius 1 is 1.15 bits per heavy atom. The number of aryl methyl sites for hydroxylation is 1. The van der Waals surface area contributed by atoms with Crippen molar-refractivity contribution >= 4 is 17.7 Å². The van der Waals surface area contributed by atoms with Gasteiger partial charge in [0.15, 0.2) is 0 Å². The van der Waals surface area contributed by atoms with E-state index in [0.717, 1.165) is 17.0 Å². The smallest absolute Gasteiger partial charge is 0.241 e. The van der Waals surface area contributed by atoms with Crippen molar-refractivity contribution in [3.8, 4) is 5.75 Å². The van der Waals surface area contributed by atoms with E-state index < -0.39 is 5.66 Å². The van der Waals surface area contributed by atoms with E-state index in [2.05, 4.69) is 61.3 Å². The Morgan fingerprint density at radius 3 is 2.58 bits per heavy atom. The largest absolute Gasteiger partial charge is 0.497 e. The molecule has 1 amide bonds. The van der Waals surface area contributed by atoms with Gasteiger partial charge < -0.3 is 15.0 Å². The van der Waals surface area contributed by atoms with Crippen LogP contribution >= 0.6 is 0 Å². The lowest BCUT2D eigenvalue weighted by atomic mass is 9.75. The first kappa shape index (κ1) is 16.7. The molecule has 4 nitrogen and oxygen atoms in total. The van der Waals surface area contributed by atoms with Crippen LogP contribution in [0.25, 0.3) is 6.08 Å². The Balaban J connectivity index is 1.79. The van der Waals surface area contributed by atoms with Crippen LogP contribution in [0.1, 0.15) is 30.5 Å². The number of hydrogen-bond acceptors (Lipinski definition) is 3. The molecule has 2 aliphatic heterocycles. The molecule has 0 aromatic heterocycles. The van der Waals surface area contributed by atoms with Crippen molar-refractivity contribution in [1.29, 1.82) is 0 Å². The number of anilines is 1. The second-order valence-corrected chi connectivity index (χ2v) is 7.65. The van der Waals surface area contributed by atoms with Crippen molar-refractivity contribution in [3.05, 3.63) is 65.2 Å². The molecule has 1 unspecified atom stereocenters. The number of ether oxygens (including phenoxy) is 1. The third kappa shape index (κ3) is 2.25. The SMILES string of the molecule is COc1ccc(/C=C/C23NC(=O)CN2c2ccc(C)cc2C3(C)C)cc1. The normalized spacial score (nSPS) is 23.1. The summed E-state index contributed by atoms with van der Waals surface area (Å²) in [6.07, 6.45) is 4.22. The van der Waals surface area contributed by atoms with Crippen molar-refractivity contribution in [3.63, 3.8) is 0 Å². The third-order valence-electron chi connectivity index (χ3n) is 5.76. The van der Waals surface area contributed by atoms with Gasteiger partial charge in [0, 0.05) is 11.1 Å². The molecule has 0 radical (unpaired) electrons. The van der Waals surface area contributed by atoms with Gasteiger partial charge in [-0.05, 0) is 42.3 Å². The number of carbonyl (C=O) groups excluding carboxylic acids is 1. The Morgan fingerprint density at radius 2 is 1.88 bits per heavy atom. The van der Waals surface area contributed by atoms with Gasteiger partial charge >= 0.3 is 0 Å². The predicted octanol–water partition coefficient (Wildman–Crippen LogP) is 3.64. The minimum absolute atomic E-state index is 0.0590. The summed E-state index contributed by atoms with van der Waals surface area (Å²) >= 11 is 0. The van der Waals surface area contributed by atoms with Crippen molar-refractivity contribution in [2.24, 2.45) is 0 Å². The van der Waals surface area contributed by atoms with Crippen LogP contribution in [0.15, 0.2) is 48.5 Å². The molecule has 2 aliphatic rings. The minimum atomic E-state index is -0.555. The summed E-state index contributed by atoms with van der Waals surface area (Å²) in [5, 5.41) is 3.25. The first-order valence-electron chi connectivity index (χ1n) is 8.90. The standard InChI is InChI=1S/C22H24N2O2/c1-15-5-10-19-18(13-15)21(2,3)22(23-20(25)14-24(19)22)12-11-16-6-8-17(26-4)9-7-16/h5-13H,14H2,1-4H3,(H,23,25)/b12-11+. The molecule has 134 valence electrons. The topological polar surface area (TPSA) is 41.6 Å². The van der Waals surface area contributed by atoms with Crippen molar-refractivity contribution in [1.82, 2.24) is 5.32 Å². The zero-order chi connectivity index (χ0) is 18.5. The highest BCUT2D eigenvalue weighted by Crippen LogP contribution is 2.53. The fourth-order valence-corrected chi connectivity index (χ4v) is 4.22. The van der Waals surface area contributed by atoms with Gasteiger partial charge in [-0.1, -0.05) is 49.8 Å². The summed E-state index contributed by atoms with van der Waals surface area (Å²) in [4.78, 5) is 14.5. The zero-order valence-electron chi connectivity index (χ0n) is 15.7. The highest BCUT2D eigenvalue weighted by molar-refractivity contribution is 5.91. The van der Waals surface area contributed by atoms with E-state index in [1.54, 1.807) is 7.11 Å². The van der Waals surface area contributed by atoms with Crippen molar-refractivity contribution in [2.45, 2.75) is 31.8 Å². The quantitative estimate of drug-likeness (QED) is 0.921. The first-order valence-corrected chi connectivity index (χ1v) is 8.90. The Labute approximate surface area is 154 Å². The van der Waals surface area contributed by atoms with E-state index >= 15 is 0 Å². The molecule has 0 spiro atoms. The maximum Gasteiger partial charge on any atom is 0.241 e. The molecule has 0 aliphatic carbocycles. The molecule has 2 heterocycles. The summed E-state index contributed by atoms with van der Waals surface area (Å²) < 4.78 is 5.23. The molecule has 2 aromatic rings. The number of fused-ring (bicyclic) bond motifs is 3. The van der Waals surface area contributed by atoms with Crippen molar-refractivity contribution < 1.29 is 9.53 Å². The number of carbonyl (C=O) groups is 1. The molecular formula is C22H24N2O2. The second kappa shape index (κ2) is 5.63. The number of hydrogen-bond donors (Lipinski definition) is 1. The molecule has 4 rings (SSSR count). The fourth-order valence-electron chi connectivity index (χ4n) is 4.22. The number of methoxy groups -OCH3 is 1. The number of benzene rings is 2. The Kier molecular flexibility index (Phi) is 3.62. The average molecular weight is 348 g/mol. The van der Waals surface area contributed by atoms with Crippen LogP contribution in [-0.4, -0.2) is 25.2 Å². The summed E-state index contributed by atoms with van der Waals surface area (Å²) in [7, 11) is 1.66. The van der Waals surface area contributed by atoms with Gasteiger partial charge in [0.1, 0.15) is 11.4 Å². The molecule has 1 atom stereocenters. The van der Waals surface area contributed by atoms with Crippen LogP contribution in [0, 0.1) is 6.92 Å². The third-order valence-corrected chi connectivity index (χ3v) is 5.76. The lowest BCUT2D eigenvalue weighted by molar-refractivity contribution is -0.118. The second-order valence-electron chi connectivity index (χ2n) is 7.65. The number of nitrogens with zero attached hydrogens (tertiary/aromatic N) is 1. The van der Waals surface area contributed by atoms with Gasteiger partial charge in [-0.15, -0.1) is 0 Å². The van der Waals surface area contributed by atoms with Gasteiger partial charge in [-0.2, -0.15) is 0 Å². The van der Waals surface area contributed by atoms with E-state index in [-0.39, 0.29) is 11.3 Å². The van der Waals surface area contributed by atoms with Gasteiger partial charge in [0.25, 0.3) is 0 Å². The van der Waals surface area contributed by atoms with E-state index in [4.69, 9.17) is 4.74 Å². The lowest BCUT2D eigenvalue weighted by Crippen LogP contribution is -2.58. The average Bonchev–Trinajstić information content (AvgIpc) is 3.05. The number of amides is 1. The number of rotatable bonds is 3. The Hall–Kier alpha value is -2.75. The van der Waals surface area contributed by atoms with Crippen LogP contribution in [0.4, 0.5) is 5.69 Å². The molecule has 1 saturated heterocycles. The molecule has 4 heteroatoms. The van der Waals surface area contributed by atoms with Crippen LogP contribution in [-0.2, 0) is 10.2 Å². The lowest BCUT2D eigenvalue weighted by Gasteiger charge is -2.40. The van der Waals surface area contributed by atoms with E-state index in [1.165, 1.54) is 11.1 Å². The monoisotopic (exact) mass is 348 g/mol. The molecule has 26 heavy (non-hydrogen) atoms. The maximum atomic E-state index is 12.3. The van der Waals surface area contributed by atoms with Gasteiger partial charge in [-0.25, -0.2) is 0 Å². The molecule has 2 aromatic carbocycles. The zero-order valence-corrected chi connectivity index (χ0v) is 15.7. The highest BCUT2D eigenvalue weighted by Gasteiger charge is 2.59. The molecule has 1 fully saturated rings. The fraction of sp³-hybridized carbons (Fsp3) is 0.318. The van der Waals surface area contributed by atoms with E-state index in [0.29, 0.717) is 6.54 Å². The van der Waals surface area contributed by atoms with Crippen LogP contribution in [0.3, 0.4) is 0 Å². The summed E-state index contributed by atoms with van der Waals surface area (Å²) in [5.41, 5.74) is 3.92. The molecule has 0 bridgehead atoms. The minimum Gasteiger partial charge on any atom is -0.497 e. The van der Waals surface area contributed by atoms with Crippen molar-refractivity contribution in [2.75, 3.05) is 18.6 Å². The summed E-state index contributed by atoms with van der Waals surface area (Å²) in [6.45, 7) is 6.90. The van der Waals surface area contributed by atoms with E-state index in [9.17, 15) is 4.79 Å². The predicted molar refractivity (Wildman–Crippen MR) is 104 cm³/mol. The van der Waals surface area contributed by atoms with Gasteiger partial charge in [-0.3, -0.25) is 4.79 Å². The van der Waals surface area contributed by atoms with Crippen LogP contribution < -0.4 is 15.0 Å². The highest BCUT2D eigenvalue weighted by atomic mass is 16.5. The molecule has 0 saturated carbocycles. The van der Waals surface area contributed by atoms with Gasteiger partial charge in [0.2, 0.25) is 5.91 Å². The van der Waals surface area contributed by atoms with Gasteiger partial charge in [0.05, 0.1) is 13.7 Å². The first-order chi connectivity index (χ1) is 12.4. The van der Waals surface area contributed by atoms with E-state index in [1.807, 2.05) is 24.3 Å². The molecule has 1 N–H and O–H groups in total. The summed E-state index contributed by atoms with van der Waals surface area (Å²) in [6, 6.07) is 14.4. The maximum absolute atomic E-state index is 12.3. The summed E-state index contributed by atoms with van der Waals surface area (Å²) in [5.74, 6) is 0.892. The molecular weight excluding hydrogens is 324 g/mol. The van der Waals surface area contributed by atoms with Crippen LogP contribution in [0.5, 0.6) is 5.75 Å². The number of nitrogens with one attached hydrogen (secondary N) is 1.